The van der Waals surface area contributed by atoms with Crippen LogP contribution in [0.5, 0.6) is 0 Å². The van der Waals surface area contributed by atoms with Crippen LogP contribution in [0.4, 0.5) is 8.78 Å². The topological polar surface area (TPSA) is 26.0 Å². The van der Waals surface area contributed by atoms with Gasteiger partial charge in [0.15, 0.2) is 0 Å². The number of hydrogen-bond acceptors (Lipinski definition) is 1. The fourth-order valence-electron chi connectivity index (χ4n) is 1.08. The van der Waals surface area contributed by atoms with E-state index in [-0.39, 0.29) is 29.4 Å². The Bertz CT molecular complexity index is 294. The van der Waals surface area contributed by atoms with Crippen molar-refractivity contribution in [3.8, 4) is 0 Å². The molecule has 80 valence electrons. The van der Waals surface area contributed by atoms with Gasteiger partial charge in [-0.15, -0.1) is 12.4 Å². The smallest absolute Gasteiger partial charge is 0.146 e. The van der Waals surface area contributed by atoms with Crippen molar-refractivity contribution in [2.45, 2.75) is 12.5 Å². The van der Waals surface area contributed by atoms with Crippen LogP contribution in [0.1, 0.15) is 18.0 Å². The molecule has 1 nitrogen and oxygen atoms in total. The normalized spacial score (nSPS) is 12.0. The van der Waals surface area contributed by atoms with Gasteiger partial charge in [0, 0.05) is 11.6 Å². The molecule has 0 saturated carbocycles. The Balaban J connectivity index is 0.00000169. The predicted octanol–water partition coefficient (Wildman–Crippen LogP) is 3.26. The Morgan fingerprint density at radius 3 is 2.64 bits per heavy atom. The second-order valence-corrected chi connectivity index (χ2v) is 3.13. The minimum atomic E-state index is -0.622. The second-order valence-electron chi connectivity index (χ2n) is 2.73. The molecule has 1 atom stereocenters. The van der Waals surface area contributed by atoms with Crippen molar-refractivity contribution in [3.05, 3.63) is 34.6 Å². The number of nitrogens with two attached hydrogens (primary N) is 1. The highest BCUT2D eigenvalue weighted by molar-refractivity contribution is 6.30. The van der Waals surface area contributed by atoms with Crippen LogP contribution >= 0.6 is 24.0 Å². The summed E-state index contributed by atoms with van der Waals surface area (Å²) in [4.78, 5) is 0. The average Bonchev–Trinajstić information content (AvgIpc) is 2.10. The maximum Gasteiger partial charge on any atom is 0.146 e. The van der Waals surface area contributed by atoms with Crippen molar-refractivity contribution in [1.29, 1.82) is 0 Å². The molecule has 0 aliphatic rings. The summed E-state index contributed by atoms with van der Waals surface area (Å²) in [6.07, 6.45) is 0.108. The number of hydrogen-bond donors (Lipinski definition) is 1. The Labute approximate surface area is 92.7 Å². The molecule has 0 bridgehead atoms. The highest BCUT2D eigenvalue weighted by Gasteiger charge is 2.12. The molecule has 0 unspecified atom stereocenters. The first kappa shape index (κ1) is 13.6. The maximum absolute atomic E-state index is 13.2. The van der Waals surface area contributed by atoms with Gasteiger partial charge in [-0.2, -0.15) is 0 Å². The lowest BCUT2D eigenvalue weighted by molar-refractivity contribution is 0.435. The van der Waals surface area contributed by atoms with Gasteiger partial charge in [-0.25, -0.2) is 4.39 Å². The van der Waals surface area contributed by atoms with Crippen LogP contribution in [-0.2, 0) is 0 Å². The van der Waals surface area contributed by atoms with Crippen LogP contribution in [0, 0.1) is 5.82 Å². The van der Waals surface area contributed by atoms with Crippen molar-refractivity contribution in [2.24, 2.45) is 5.73 Å². The highest BCUT2D eigenvalue weighted by Crippen LogP contribution is 2.23. The Kier molecular flexibility index (Phi) is 6.00. The first-order chi connectivity index (χ1) is 6.16. The van der Waals surface area contributed by atoms with Crippen LogP contribution in [0.15, 0.2) is 18.2 Å². The number of halogens is 4. The van der Waals surface area contributed by atoms with Crippen molar-refractivity contribution in [3.63, 3.8) is 0 Å². The fourth-order valence-corrected chi connectivity index (χ4v) is 1.26. The van der Waals surface area contributed by atoms with E-state index in [2.05, 4.69) is 0 Å². The Morgan fingerprint density at radius 2 is 2.07 bits per heavy atom. The number of benzene rings is 1. The van der Waals surface area contributed by atoms with Gasteiger partial charge in [-0.3, -0.25) is 4.39 Å². The SMILES string of the molecule is Cl.N[C@H](CCF)c1cccc(Cl)c1F. The molecule has 0 fully saturated rings. The molecule has 14 heavy (non-hydrogen) atoms. The maximum atomic E-state index is 13.2. The summed E-state index contributed by atoms with van der Waals surface area (Å²) in [7, 11) is 0. The average molecular weight is 242 g/mol. The van der Waals surface area contributed by atoms with Gasteiger partial charge in [-0.1, -0.05) is 23.7 Å². The second kappa shape index (κ2) is 6.17. The third-order valence-corrected chi connectivity index (χ3v) is 2.09. The van der Waals surface area contributed by atoms with E-state index < -0.39 is 18.5 Å². The minimum Gasteiger partial charge on any atom is -0.324 e. The predicted molar refractivity (Wildman–Crippen MR) is 56.2 cm³/mol. The monoisotopic (exact) mass is 241 g/mol. The summed E-state index contributed by atoms with van der Waals surface area (Å²) in [5.74, 6) is -0.551. The summed E-state index contributed by atoms with van der Waals surface area (Å²) in [6.45, 7) is -0.562. The molecule has 1 aromatic rings. The van der Waals surface area contributed by atoms with E-state index in [1.165, 1.54) is 12.1 Å². The molecular formula is C9H11Cl2F2N. The van der Waals surface area contributed by atoms with Gasteiger partial charge >= 0.3 is 0 Å². The standard InChI is InChI=1S/C9H10ClF2N.ClH/c10-7-3-1-2-6(9(7)12)8(13)4-5-11;/h1-3,8H,4-5,13H2;1H/t8-;/m1./s1. The Hall–Kier alpha value is -0.380. The molecule has 0 amide bonds. The lowest BCUT2D eigenvalue weighted by atomic mass is 10.0. The first-order valence-electron chi connectivity index (χ1n) is 3.92. The zero-order valence-electron chi connectivity index (χ0n) is 7.34. The summed E-state index contributed by atoms with van der Waals surface area (Å²) >= 11 is 5.53. The van der Waals surface area contributed by atoms with Crippen molar-refractivity contribution in [2.75, 3.05) is 6.67 Å². The summed E-state index contributed by atoms with van der Waals surface area (Å²) in [6, 6.07) is 3.92. The molecule has 0 aromatic heterocycles. The zero-order chi connectivity index (χ0) is 9.84. The zero-order valence-corrected chi connectivity index (χ0v) is 8.92. The van der Waals surface area contributed by atoms with Gasteiger partial charge in [0.05, 0.1) is 11.7 Å². The van der Waals surface area contributed by atoms with E-state index in [4.69, 9.17) is 17.3 Å². The molecule has 0 spiro atoms. The van der Waals surface area contributed by atoms with Crippen LogP contribution in [-0.4, -0.2) is 6.67 Å². The van der Waals surface area contributed by atoms with Crippen LogP contribution in [0.3, 0.4) is 0 Å². The van der Waals surface area contributed by atoms with Crippen molar-refractivity contribution in [1.82, 2.24) is 0 Å². The van der Waals surface area contributed by atoms with E-state index >= 15 is 0 Å². The van der Waals surface area contributed by atoms with E-state index in [9.17, 15) is 8.78 Å². The molecule has 0 radical (unpaired) electrons. The summed E-state index contributed by atoms with van der Waals surface area (Å²) in [5, 5.41) is 0.0202. The lowest BCUT2D eigenvalue weighted by Gasteiger charge is -2.11. The fraction of sp³-hybridized carbons (Fsp3) is 0.333. The largest absolute Gasteiger partial charge is 0.324 e. The Morgan fingerprint density at radius 1 is 1.43 bits per heavy atom. The van der Waals surface area contributed by atoms with Crippen LogP contribution in [0.25, 0.3) is 0 Å². The van der Waals surface area contributed by atoms with E-state index in [0.717, 1.165) is 0 Å². The van der Waals surface area contributed by atoms with Crippen molar-refractivity contribution >= 4 is 24.0 Å². The molecule has 0 aliphatic carbocycles. The van der Waals surface area contributed by atoms with Gasteiger partial charge in [0.2, 0.25) is 0 Å². The quantitative estimate of drug-likeness (QED) is 0.864. The van der Waals surface area contributed by atoms with Gasteiger partial charge in [0.25, 0.3) is 0 Å². The molecule has 0 aliphatic heterocycles. The van der Waals surface area contributed by atoms with E-state index in [1.54, 1.807) is 6.07 Å². The third-order valence-electron chi connectivity index (χ3n) is 1.80. The summed E-state index contributed by atoms with van der Waals surface area (Å²) in [5.41, 5.74) is 5.81. The van der Waals surface area contributed by atoms with Gasteiger partial charge in [0.1, 0.15) is 5.82 Å². The lowest BCUT2D eigenvalue weighted by Crippen LogP contribution is -2.12. The molecule has 0 saturated heterocycles. The molecule has 0 heterocycles. The van der Waals surface area contributed by atoms with E-state index in [0.29, 0.717) is 0 Å². The molecule has 5 heteroatoms. The number of rotatable bonds is 3. The first-order valence-corrected chi connectivity index (χ1v) is 4.30. The molecule has 2 N–H and O–H groups in total. The van der Waals surface area contributed by atoms with E-state index in [1.807, 2.05) is 0 Å². The van der Waals surface area contributed by atoms with Crippen molar-refractivity contribution < 1.29 is 8.78 Å². The van der Waals surface area contributed by atoms with Crippen LogP contribution < -0.4 is 5.73 Å². The molecular weight excluding hydrogens is 231 g/mol. The highest BCUT2D eigenvalue weighted by atomic mass is 35.5. The van der Waals surface area contributed by atoms with Gasteiger partial charge < -0.3 is 5.73 Å². The molecule has 1 rings (SSSR count). The summed E-state index contributed by atoms with van der Waals surface area (Å²) < 4.78 is 25.2. The number of alkyl halides is 1. The third kappa shape index (κ3) is 3.08. The molecule has 1 aromatic carbocycles. The minimum absolute atomic E-state index is 0. The van der Waals surface area contributed by atoms with Crippen LogP contribution in [0.2, 0.25) is 5.02 Å². The van der Waals surface area contributed by atoms with Gasteiger partial charge in [-0.05, 0) is 12.5 Å².